The van der Waals surface area contributed by atoms with E-state index in [2.05, 4.69) is 9.72 Å². The van der Waals surface area contributed by atoms with Gasteiger partial charge in [-0.25, -0.2) is 14.2 Å². The summed E-state index contributed by atoms with van der Waals surface area (Å²) >= 11 is 1.34. The second-order valence-corrected chi connectivity index (χ2v) is 4.62. The van der Waals surface area contributed by atoms with Crippen molar-refractivity contribution in [1.29, 1.82) is 0 Å². The van der Waals surface area contributed by atoms with Crippen LogP contribution < -0.4 is 0 Å². The van der Waals surface area contributed by atoms with Crippen molar-refractivity contribution in [3.63, 3.8) is 0 Å². The maximum Gasteiger partial charge on any atom is 0.358 e. The van der Waals surface area contributed by atoms with E-state index in [-0.39, 0.29) is 11.5 Å². The Kier molecular flexibility index (Phi) is 3.19. The number of hydrogen-bond acceptors (Lipinski definition) is 4. The number of carbonyl (C=O) groups is 1. The molecule has 0 saturated carbocycles. The Morgan fingerprint density at radius 1 is 1.47 bits per heavy atom. The second kappa shape index (κ2) is 4.63. The molecule has 0 fully saturated rings. The highest BCUT2D eigenvalue weighted by Crippen LogP contribution is 2.30. The Hall–Kier alpha value is -1.75. The maximum atomic E-state index is 13.1. The molecule has 0 spiro atoms. The van der Waals surface area contributed by atoms with Gasteiger partial charge in [-0.2, -0.15) is 0 Å². The molecule has 17 heavy (non-hydrogen) atoms. The first-order valence-electron chi connectivity index (χ1n) is 4.93. The fraction of sp³-hybridized carbons (Fsp3) is 0.167. The average molecular weight is 251 g/mol. The first-order valence-corrected chi connectivity index (χ1v) is 5.75. The van der Waals surface area contributed by atoms with E-state index >= 15 is 0 Å². The van der Waals surface area contributed by atoms with Crippen LogP contribution in [0.4, 0.5) is 4.39 Å². The molecule has 2 rings (SSSR count). The van der Waals surface area contributed by atoms with Crippen LogP contribution in [0.3, 0.4) is 0 Å². The van der Waals surface area contributed by atoms with Crippen LogP contribution in [0.1, 0.15) is 15.5 Å². The standard InChI is InChI=1S/C12H10FNO2S/c1-7-14-10(12(15)16-2)11(17-7)8-4-3-5-9(13)6-8/h3-6H,1-2H3. The van der Waals surface area contributed by atoms with E-state index in [4.69, 9.17) is 0 Å². The Morgan fingerprint density at radius 2 is 2.24 bits per heavy atom. The van der Waals surface area contributed by atoms with Crippen LogP contribution in [0.15, 0.2) is 24.3 Å². The summed E-state index contributed by atoms with van der Waals surface area (Å²) in [4.78, 5) is 16.3. The number of halogens is 1. The Balaban J connectivity index is 2.55. The van der Waals surface area contributed by atoms with E-state index in [9.17, 15) is 9.18 Å². The van der Waals surface area contributed by atoms with Gasteiger partial charge in [0.2, 0.25) is 0 Å². The first-order chi connectivity index (χ1) is 8.11. The molecule has 0 unspecified atom stereocenters. The molecular weight excluding hydrogens is 241 g/mol. The number of esters is 1. The van der Waals surface area contributed by atoms with Crippen molar-refractivity contribution >= 4 is 17.3 Å². The number of benzene rings is 1. The molecule has 88 valence electrons. The highest BCUT2D eigenvalue weighted by atomic mass is 32.1. The fourth-order valence-corrected chi connectivity index (χ4v) is 2.39. The minimum atomic E-state index is -0.506. The lowest BCUT2D eigenvalue weighted by Crippen LogP contribution is -2.03. The molecule has 0 atom stereocenters. The van der Waals surface area contributed by atoms with Crippen LogP contribution in [0.5, 0.6) is 0 Å². The van der Waals surface area contributed by atoms with E-state index in [1.807, 2.05) is 0 Å². The first kappa shape index (κ1) is 11.7. The van der Waals surface area contributed by atoms with Crippen LogP contribution in [-0.4, -0.2) is 18.1 Å². The van der Waals surface area contributed by atoms with Crippen molar-refractivity contribution in [1.82, 2.24) is 4.98 Å². The van der Waals surface area contributed by atoms with Gasteiger partial charge in [-0.1, -0.05) is 12.1 Å². The summed E-state index contributed by atoms with van der Waals surface area (Å²) in [5, 5.41) is 0.740. The third-order valence-electron chi connectivity index (χ3n) is 2.20. The molecular formula is C12H10FNO2S. The monoisotopic (exact) mass is 251 g/mol. The van der Waals surface area contributed by atoms with E-state index in [1.165, 1.54) is 30.6 Å². The van der Waals surface area contributed by atoms with E-state index in [0.717, 1.165) is 5.01 Å². The smallest absolute Gasteiger partial charge is 0.358 e. The topological polar surface area (TPSA) is 39.2 Å². The molecule has 1 heterocycles. The third kappa shape index (κ3) is 2.34. The Labute approximate surface area is 102 Å². The molecule has 0 saturated heterocycles. The third-order valence-corrected chi connectivity index (χ3v) is 3.22. The number of aryl methyl sites for hydroxylation is 1. The van der Waals surface area contributed by atoms with Gasteiger partial charge in [0.15, 0.2) is 5.69 Å². The summed E-state index contributed by atoms with van der Waals surface area (Å²) in [5.74, 6) is -0.849. The lowest BCUT2D eigenvalue weighted by Gasteiger charge is -2.00. The van der Waals surface area contributed by atoms with Crippen molar-refractivity contribution in [2.45, 2.75) is 6.92 Å². The van der Waals surface area contributed by atoms with Gasteiger partial charge in [0.25, 0.3) is 0 Å². The predicted molar refractivity (Wildman–Crippen MR) is 63.6 cm³/mol. The number of rotatable bonds is 2. The van der Waals surface area contributed by atoms with Gasteiger partial charge >= 0.3 is 5.97 Å². The SMILES string of the molecule is COC(=O)c1nc(C)sc1-c1cccc(F)c1. The zero-order valence-electron chi connectivity index (χ0n) is 9.36. The van der Waals surface area contributed by atoms with Crippen molar-refractivity contribution < 1.29 is 13.9 Å². The summed E-state index contributed by atoms with van der Waals surface area (Å²) in [7, 11) is 1.30. The van der Waals surface area contributed by atoms with Crippen LogP contribution in [-0.2, 0) is 4.74 Å². The average Bonchev–Trinajstić information content (AvgIpc) is 2.70. The highest BCUT2D eigenvalue weighted by Gasteiger charge is 2.18. The molecule has 0 N–H and O–H groups in total. The minimum absolute atomic E-state index is 0.237. The van der Waals surface area contributed by atoms with Crippen molar-refractivity contribution in [2.24, 2.45) is 0 Å². The van der Waals surface area contributed by atoms with Crippen LogP contribution >= 0.6 is 11.3 Å². The number of methoxy groups -OCH3 is 1. The number of nitrogens with zero attached hydrogens (tertiary/aromatic N) is 1. The Bertz CT molecular complexity index is 565. The van der Waals surface area contributed by atoms with Gasteiger partial charge in [0.05, 0.1) is 17.0 Å². The molecule has 1 aromatic heterocycles. The van der Waals surface area contributed by atoms with E-state index < -0.39 is 5.97 Å². The molecule has 1 aromatic carbocycles. The molecule has 0 aliphatic carbocycles. The number of carbonyl (C=O) groups excluding carboxylic acids is 1. The van der Waals surface area contributed by atoms with Crippen LogP contribution in [0, 0.1) is 12.7 Å². The summed E-state index contributed by atoms with van der Waals surface area (Å²) in [6.07, 6.45) is 0. The van der Waals surface area contributed by atoms with Gasteiger partial charge in [0, 0.05) is 0 Å². The van der Waals surface area contributed by atoms with Gasteiger partial charge in [-0.05, 0) is 24.6 Å². The molecule has 0 aliphatic heterocycles. The maximum absolute atomic E-state index is 13.1. The summed E-state index contributed by atoms with van der Waals surface area (Å²) in [6.45, 7) is 1.79. The van der Waals surface area contributed by atoms with Crippen LogP contribution in [0.2, 0.25) is 0 Å². The molecule has 0 aliphatic rings. The van der Waals surface area contributed by atoms with Crippen molar-refractivity contribution in [3.05, 3.63) is 40.8 Å². The van der Waals surface area contributed by atoms with Gasteiger partial charge < -0.3 is 4.74 Å². The molecule has 2 aromatic rings. The molecule has 0 amide bonds. The van der Waals surface area contributed by atoms with Gasteiger partial charge in [-0.3, -0.25) is 0 Å². The van der Waals surface area contributed by atoms with Crippen molar-refractivity contribution in [2.75, 3.05) is 7.11 Å². The number of aromatic nitrogens is 1. The summed E-state index contributed by atoms with van der Waals surface area (Å²) in [5.41, 5.74) is 0.872. The molecule has 5 heteroatoms. The zero-order chi connectivity index (χ0) is 12.4. The summed E-state index contributed by atoms with van der Waals surface area (Å²) < 4.78 is 17.8. The minimum Gasteiger partial charge on any atom is -0.464 e. The number of hydrogen-bond donors (Lipinski definition) is 0. The quantitative estimate of drug-likeness (QED) is 0.770. The van der Waals surface area contributed by atoms with Gasteiger partial charge in [-0.15, -0.1) is 11.3 Å². The normalized spacial score (nSPS) is 10.3. The molecule has 0 bridgehead atoms. The Morgan fingerprint density at radius 3 is 2.88 bits per heavy atom. The number of ether oxygens (including phenoxy) is 1. The fourth-order valence-electron chi connectivity index (χ4n) is 1.49. The van der Waals surface area contributed by atoms with Crippen LogP contribution in [0.25, 0.3) is 10.4 Å². The van der Waals surface area contributed by atoms with E-state index in [0.29, 0.717) is 10.4 Å². The van der Waals surface area contributed by atoms with E-state index in [1.54, 1.807) is 19.1 Å². The highest BCUT2D eigenvalue weighted by molar-refractivity contribution is 7.15. The zero-order valence-corrected chi connectivity index (χ0v) is 10.2. The largest absolute Gasteiger partial charge is 0.464 e. The molecule has 3 nitrogen and oxygen atoms in total. The lowest BCUT2D eigenvalue weighted by molar-refractivity contribution is 0.0595. The van der Waals surface area contributed by atoms with Crippen molar-refractivity contribution in [3.8, 4) is 10.4 Å². The number of thiazole rings is 1. The molecule has 0 radical (unpaired) electrons. The lowest BCUT2D eigenvalue weighted by atomic mass is 10.1. The predicted octanol–water partition coefficient (Wildman–Crippen LogP) is 3.04. The summed E-state index contributed by atoms with van der Waals surface area (Å²) in [6, 6.07) is 6.07. The van der Waals surface area contributed by atoms with Gasteiger partial charge in [0.1, 0.15) is 5.82 Å². The second-order valence-electron chi connectivity index (χ2n) is 3.41.